The van der Waals surface area contributed by atoms with Gasteiger partial charge in [-0.1, -0.05) is 0 Å². The van der Waals surface area contributed by atoms with E-state index in [9.17, 15) is 21.6 Å². The summed E-state index contributed by atoms with van der Waals surface area (Å²) in [5.41, 5.74) is 0.144. The van der Waals surface area contributed by atoms with Crippen molar-refractivity contribution in [3.63, 3.8) is 0 Å². The second kappa shape index (κ2) is 7.06. The zero-order valence-electron chi connectivity index (χ0n) is 15.4. The third kappa shape index (κ3) is 5.20. The number of Topliss-reactive ketones (excluding diaryl/α,β-unsaturated/α-hetero) is 1. The summed E-state index contributed by atoms with van der Waals surface area (Å²) in [6.45, 7) is 1.83. The van der Waals surface area contributed by atoms with E-state index in [0.717, 1.165) is 6.26 Å². The molecular weight excluding hydrogens is 392 g/mol. The van der Waals surface area contributed by atoms with Gasteiger partial charge < -0.3 is 9.64 Å². The van der Waals surface area contributed by atoms with Gasteiger partial charge in [-0.05, 0) is 18.2 Å². The number of nitrogens with zero attached hydrogens (tertiary/aromatic N) is 1. The van der Waals surface area contributed by atoms with Gasteiger partial charge in [0.05, 0.1) is 24.0 Å². The maximum Gasteiger partial charge on any atom is 0.229 e. The molecule has 2 heterocycles. The van der Waals surface area contributed by atoms with Gasteiger partial charge in [0.25, 0.3) is 0 Å². The number of fused-ring (bicyclic) bond motifs is 1. The monoisotopic (exact) mass is 416 g/mol. The smallest absolute Gasteiger partial charge is 0.229 e. The molecule has 0 radical (unpaired) electrons. The van der Waals surface area contributed by atoms with Crippen LogP contribution in [0.15, 0.2) is 18.2 Å². The van der Waals surface area contributed by atoms with Crippen LogP contribution < -0.4 is 9.46 Å². The Morgan fingerprint density at radius 3 is 2.41 bits per heavy atom. The van der Waals surface area contributed by atoms with Gasteiger partial charge in [0.2, 0.25) is 10.0 Å². The van der Waals surface area contributed by atoms with E-state index in [1.165, 1.54) is 12.3 Å². The van der Waals surface area contributed by atoms with Crippen LogP contribution in [0.2, 0.25) is 0 Å². The van der Waals surface area contributed by atoms with Crippen molar-refractivity contribution in [3.8, 4) is 5.75 Å². The Morgan fingerprint density at radius 2 is 1.81 bits per heavy atom. The van der Waals surface area contributed by atoms with E-state index in [0.29, 0.717) is 49.5 Å². The van der Waals surface area contributed by atoms with E-state index in [4.69, 9.17) is 4.74 Å². The van der Waals surface area contributed by atoms with Crippen LogP contribution in [0.4, 0.5) is 5.69 Å². The number of likely N-dealkylation sites (tertiary alicyclic amines) is 1. The number of carbonyl (C=O) groups is 1. The molecule has 27 heavy (non-hydrogen) atoms. The number of anilines is 1. The fourth-order valence-electron chi connectivity index (χ4n) is 3.53. The number of ketones is 1. The van der Waals surface area contributed by atoms with Gasteiger partial charge in [-0.2, -0.15) is 0 Å². The molecule has 10 heteroatoms. The Bertz CT molecular complexity index is 948. The Balaban J connectivity index is 1.69. The van der Waals surface area contributed by atoms with Crippen LogP contribution in [-0.2, 0) is 19.9 Å². The molecule has 1 aromatic carbocycles. The molecule has 1 spiro atoms. The number of sulfonamides is 1. The molecule has 0 bridgehead atoms. The third-order valence-electron chi connectivity index (χ3n) is 4.94. The second-order valence-corrected chi connectivity index (χ2v) is 11.4. The minimum atomic E-state index is -3.42. The number of rotatable bonds is 5. The van der Waals surface area contributed by atoms with Crippen molar-refractivity contribution in [1.82, 2.24) is 4.90 Å². The summed E-state index contributed by atoms with van der Waals surface area (Å²) in [5, 5.41) is 0. The Hall–Kier alpha value is -1.65. The molecule has 1 N–H and O–H groups in total. The van der Waals surface area contributed by atoms with E-state index in [-0.39, 0.29) is 18.0 Å². The number of piperidine rings is 1. The van der Waals surface area contributed by atoms with Crippen LogP contribution in [0.25, 0.3) is 0 Å². The highest BCUT2D eigenvalue weighted by atomic mass is 32.2. The number of carbonyl (C=O) groups excluding carboxylic acids is 1. The van der Waals surface area contributed by atoms with E-state index in [2.05, 4.69) is 9.62 Å². The first-order valence-electron chi connectivity index (χ1n) is 8.69. The van der Waals surface area contributed by atoms with E-state index in [1.54, 1.807) is 12.1 Å². The summed E-state index contributed by atoms with van der Waals surface area (Å²) < 4.78 is 53.9. The number of sulfone groups is 1. The topological polar surface area (TPSA) is 110 Å². The van der Waals surface area contributed by atoms with Crippen molar-refractivity contribution < 1.29 is 26.4 Å². The maximum atomic E-state index is 12.7. The quantitative estimate of drug-likeness (QED) is 0.759. The van der Waals surface area contributed by atoms with E-state index >= 15 is 0 Å². The van der Waals surface area contributed by atoms with Crippen LogP contribution in [0.1, 0.15) is 29.6 Å². The minimum Gasteiger partial charge on any atom is -0.486 e. The first-order valence-corrected chi connectivity index (χ1v) is 12.6. The van der Waals surface area contributed by atoms with Gasteiger partial charge in [-0.3, -0.25) is 9.52 Å². The first-order chi connectivity index (χ1) is 12.4. The number of benzene rings is 1. The van der Waals surface area contributed by atoms with Crippen molar-refractivity contribution in [2.24, 2.45) is 0 Å². The molecule has 2 aliphatic rings. The maximum absolute atomic E-state index is 12.7. The van der Waals surface area contributed by atoms with Crippen molar-refractivity contribution in [3.05, 3.63) is 23.8 Å². The van der Waals surface area contributed by atoms with Gasteiger partial charge in [0.15, 0.2) is 5.78 Å². The molecule has 150 valence electrons. The highest BCUT2D eigenvalue weighted by molar-refractivity contribution is 7.92. The Labute approximate surface area is 159 Å². The number of hydrogen-bond donors (Lipinski definition) is 1. The highest BCUT2D eigenvalue weighted by Gasteiger charge is 2.43. The number of ether oxygens (including phenoxy) is 1. The molecule has 0 aliphatic carbocycles. The van der Waals surface area contributed by atoms with Crippen LogP contribution in [-0.4, -0.2) is 71.0 Å². The molecule has 0 aromatic heterocycles. The molecule has 1 saturated heterocycles. The lowest BCUT2D eigenvalue weighted by atomic mass is 9.82. The number of nitrogens with one attached hydrogen (secondary N) is 1. The minimum absolute atomic E-state index is 0.0713. The molecule has 3 rings (SSSR count). The average Bonchev–Trinajstić information content (AvgIpc) is 2.53. The first kappa shape index (κ1) is 20.1. The zero-order valence-corrected chi connectivity index (χ0v) is 17.0. The molecule has 1 fully saturated rings. The van der Waals surface area contributed by atoms with Gasteiger partial charge >= 0.3 is 0 Å². The normalized spacial score (nSPS) is 20.1. The number of hydrogen-bond acceptors (Lipinski definition) is 7. The van der Waals surface area contributed by atoms with Crippen LogP contribution in [0, 0.1) is 0 Å². The van der Waals surface area contributed by atoms with Gasteiger partial charge in [-0.25, -0.2) is 16.8 Å². The van der Waals surface area contributed by atoms with E-state index < -0.39 is 25.5 Å². The lowest BCUT2D eigenvalue weighted by molar-refractivity contribution is -0.00762. The molecule has 2 aliphatic heterocycles. The summed E-state index contributed by atoms with van der Waals surface area (Å²) in [6.07, 6.45) is 3.81. The Kier molecular flexibility index (Phi) is 5.26. The largest absolute Gasteiger partial charge is 0.486 e. The zero-order chi connectivity index (χ0) is 19.9. The fourth-order valence-corrected chi connectivity index (χ4v) is 4.67. The van der Waals surface area contributed by atoms with Crippen molar-refractivity contribution in [2.45, 2.75) is 24.9 Å². The van der Waals surface area contributed by atoms with Gasteiger partial charge in [-0.15, -0.1) is 0 Å². The summed E-state index contributed by atoms with van der Waals surface area (Å²) >= 11 is 0. The van der Waals surface area contributed by atoms with Crippen LogP contribution in [0.5, 0.6) is 5.75 Å². The molecule has 0 saturated carbocycles. The van der Waals surface area contributed by atoms with Crippen LogP contribution in [0.3, 0.4) is 0 Å². The molecule has 0 unspecified atom stereocenters. The van der Waals surface area contributed by atoms with Gasteiger partial charge in [0.1, 0.15) is 21.2 Å². The summed E-state index contributed by atoms with van der Waals surface area (Å²) in [5.74, 6) is 0.520. The standard InChI is InChI=1S/C17H24N2O6S2/c1-26(21,22)10-9-19-7-5-17(6-8-19)12-15(20)14-11-13(18-27(2,23)24)3-4-16(14)25-17/h3-4,11,18H,5-10,12H2,1-2H3. The Morgan fingerprint density at radius 1 is 1.15 bits per heavy atom. The lowest BCUT2D eigenvalue weighted by Crippen LogP contribution is -2.51. The second-order valence-electron chi connectivity index (χ2n) is 7.44. The van der Waals surface area contributed by atoms with Crippen molar-refractivity contribution in [2.75, 3.05) is 42.6 Å². The average molecular weight is 417 g/mol. The highest BCUT2D eigenvalue weighted by Crippen LogP contribution is 2.40. The van der Waals surface area contributed by atoms with Gasteiger partial charge in [0, 0.05) is 44.4 Å². The molecule has 0 amide bonds. The van der Waals surface area contributed by atoms with Crippen molar-refractivity contribution >= 4 is 31.3 Å². The summed E-state index contributed by atoms with van der Waals surface area (Å²) in [7, 11) is -6.42. The van der Waals surface area contributed by atoms with E-state index in [1.807, 2.05) is 0 Å². The lowest BCUT2D eigenvalue weighted by Gasteiger charge is -2.44. The van der Waals surface area contributed by atoms with Crippen molar-refractivity contribution in [1.29, 1.82) is 0 Å². The predicted octanol–water partition coefficient (Wildman–Crippen LogP) is 0.903. The molecular formula is C17H24N2O6S2. The molecule has 8 nitrogen and oxygen atoms in total. The third-order valence-corrected chi connectivity index (χ3v) is 6.47. The predicted molar refractivity (Wildman–Crippen MR) is 103 cm³/mol. The SMILES string of the molecule is CS(=O)(=O)CCN1CCC2(CC1)CC(=O)c1cc(NS(C)(=O)=O)ccc1O2. The molecule has 0 atom stereocenters. The fraction of sp³-hybridized carbons (Fsp3) is 0.588. The summed E-state index contributed by atoms with van der Waals surface area (Å²) in [6, 6.07) is 4.71. The van der Waals surface area contributed by atoms with Crippen LogP contribution >= 0.6 is 0 Å². The molecule has 1 aromatic rings. The summed E-state index contributed by atoms with van der Waals surface area (Å²) in [4.78, 5) is 14.7.